The van der Waals surface area contributed by atoms with E-state index >= 15 is 0 Å². The number of anilines is 2. The van der Waals surface area contributed by atoms with Gasteiger partial charge in [0.25, 0.3) is 5.91 Å². The van der Waals surface area contributed by atoms with E-state index < -0.39 is 0 Å². The van der Waals surface area contributed by atoms with E-state index in [1.807, 2.05) is 62.5 Å². The largest absolute Gasteiger partial charge is 0.497 e. The van der Waals surface area contributed by atoms with Gasteiger partial charge in [0.2, 0.25) is 5.91 Å². The van der Waals surface area contributed by atoms with Crippen molar-refractivity contribution in [2.24, 2.45) is 0 Å². The maximum atomic E-state index is 13.1. The minimum Gasteiger partial charge on any atom is -0.497 e. The number of methoxy groups -OCH3 is 1. The molecule has 1 aliphatic rings. The lowest BCUT2D eigenvalue weighted by molar-refractivity contribution is -0.885. The summed E-state index contributed by atoms with van der Waals surface area (Å²) < 4.78 is 5.18. The number of carbonyl (C=O) groups excluding carboxylic acids is 2. The molecular weight excluding hydrogens is 342 g/mol. The standard InChI is InChI=1S/C21H25N3O3/c1-15-12-20(25)22-18-6-4-5-7-19(18)24(15)21(26)14-23(2)13-16-8-10-17(27-3)11-9-16/h4-11,15H,12-14H2,1-3H3,(H,22,25)/p+1/t15-/m1/s1. The van der Waals surface area contributed by atoms with Crippen LogP contribution in [-0.4, -0.2) is 38.6 Å². The van der Waals surface area contributed by atoms with E-state index in [2.05, 4.69) is 5.32 Å². The van der Waals surface area contributed by atoms with E-state index in [0.29, 0.717) is 12.2 Å². The summed E-state index contributed by atoms with van der Waals surface area (Å²) in [5, 5.41) is 2.89. The van der Waals surface area contributed by atoms with Gasteiger partial charge in [0.05, 0.1) is 25.5 Å². The molecule has 2 aromatic rings. The Morgan fingerprint density at radius 3 is 2.63 bits per heavy atom. The van der Waals surface area contributed by atoms with Gasteiger partial charge in [-0.2, -0.15) is 0 Å². The van der Waals surface area contributed by atoms with Gasteiger partial charge in [0, 0.05) is 18.0 Å². The number of nitrogens with one attached hydrogen (secondary N) is 2. The molecule has 0 fully saturated rings. The van der Waals surface area contributed by atoms with Gasteiger partial charge in [-0.15, -0.1) is 0 Å². The lowest BCUT2D eigenvalue weighted by atomic mass is 10.1. The molecule has 6 heteroatoms. The Balaban J connectivity index is 1.73. The van der Waals surface area contributed by atoms with Gasteiger partial charge in [-0.1, -0.05) is 12.1 Å². The van der Waals surface area contributed by atoms with E-state index in [-0.39, 0.29) is 24.3 Å². The average molecular weight is 368 g/mol. The Hall–Kier alpha value is -2.86. The average Bonchev–Trinajstić information content (AvgIpc) is 2.76. The third-order valence-electron chi connectivity index (χ3n) is 4.75. The molecule has 1 unspecified atom stereocenters. The van der Waals surface area contributed by atoms with Crippen molar-refractivity contribution < 1.29 is 19.2 Å². The number of rotatable bonds is 5. The molecule has 0 spiro atoms. The van der Waals surface area contributed by atoms with Gasteiger partial charge in [-0.3, -0.25) is 9.59 Å². The van der Waals surface area contributed by atoms with Gasteiger partial charge in [0.1, 0.15) is 12.3 Å². The fraction of sp³-hybridized carbons (Fsp3) is 0.333. The molecule has 0 aliphatic carbocycles. The van der Waals surface area contributed by atoms with Gasteiger partial charge in [0.15, 0.2) is 6.54 Å². The molecule has 2 N–H and O–H groups in total. The number of para-hydroxylation sites is 2. The minimum absolute atomic E-state index is 0.0115. The van der Waals surface area contributed by atoms with E-state index in [1.54, 1.807) is 12.0 Å². The summed E-state index contributed by atoms with van der Waals surface area (Å²) >= 11 is 0. The second-order valence-electron chi connectivity index (χ2n) is 7.04. The fourth-order valence-corrected chi connectivity index (χ4v) is 3.47. The number of carbonyl (C=O) groups is 2. The molecule has 0 bridgehead atoms. The highest BCUT2D eigenvalue weighted by Crippen LogP contribution is 2.31. The van der Waals surface area contributed by atoms with Crippen LogP contribution in [0.1, 0.15) is 18.9 Å². The topological polar surface area (TPSA) is 63.1 Å². The number of hydrogen-bond acceptors (Lipinski definition) is 3. The van der Waals surface area contributed by atoms with Crippen molar-refractivity contribution in [1.29, 1.82) is 0 Å². The van der Waals surface area contributed by atoms with E-state index in [0.717, 1.165) is 28.4 Å². The number of likely N-dealkylation sites (N-methyl/N-ethyl adjacent to an activating group) is 1. The molecule has 142 valence electrons. The molecule has 2 atom stereocenters. The SMILES string of the molecule is COc1ccc(C[NH+](C)CC(=O)N2c3ccccc3NC(=O)C[C@H]2C)cc1. The number of fused-ring (bicyclic) bond motifs is 1. The highest BCUT2D eigenvalue weighted by atomic mass is 16.5. The predicted octanol–water partition coefficient (Wildman–Crippen LogP) is 1.47. The zero-order valence-corrected chi connectivity index (χ0v) is 16.0. The van der Waals surface area contributed by atoms with Crippen molar-refractivity contribution in [3.63, 3.8) is 0 Å². The summed E-state index contributed by atoms with van der Waals surface area (Å²) in [7, 11) is 3.64. The van der Waals surface area contributed by atoms with Crippen molar-refractivity contribution in [2.45, 2.75) is 25.9 Å². The van der Waals surface area contributed by atoms with Crippen LogP contribution < -0.4 is 19.9 Å². The number of quaternary nitrogens is 1. The molecule has 0 saturated heterocycles. The van der Waals surface area contributed by atoms with Crippen LogP contribution in [0.4, 0.5) is 11.4 Å². The maximum absolute atomic E-state index is 13.1. The summed E-state index contributed by atoms with van der Waals surface area (Å²) in [5.74, 6) is 0.765. The van der Waals surface area contributed by atoms with Crippen molar-refractivity contribution in [3.8, 4) is 5.75 Å². The molecule has 1 heterocycles. The highest BCUT2D eigenvalue weighted by Gasteiger charge is 2.30. The Morgan fingerprint density at radius 1 is 1.22 bits per heavy atom. The molecule has 1 aliphatic heterocycles. The van der Waals surface area contributed by atoms with Crippen molar-refractivity contribution >= 4 is 23.2 Å². The molecule has 0 saturated carbocycles. The molecular formula is C21H26N3O3+. The summed E-state index contributed by atoms with van der Waals surface area (Å²) in [6, 6.07) is 15.2. The first-order chi connectivity index (χ1) is 13.0. The Bertz CT molecular complexity index is 820. The number of hydrogen-bond donors (Lipinski definition) is 2. The zero-order chi connectivity index (χ0) is 19.4. The van der Waals surface area contributed by atoms with Crippen LogP contribution in [0.5, 0.6) is 5.75 Å². The normalized spacial score (nSPS) is 17.5. The molecule has 6 nitrogen and oxygen atoms in total. The number of amides is 2. The quantitative estimate of drug-likeness (QED) is 0.840. The van der Waals surface area contributed by atoms with E-state index in [4.69, 9.17) is 4.74 Å². The molecule has 2 aromatic carbocycles. The van der Waals surface area contributed by atoms with E-state index in [9.17, 15) is 9.59 Å². The van der Waals surface area contributed by atoms with Gasteiger partial charge < -0.3 is 19.9 Å². The van der Waals surface area contributed by atoms with Crippen LogP contribution in [-0.2, 0) is 16.1 Å². The van der Waals surface area contributed by atoms with Gasteiger partial charge in [-0.25, -0.2) is 0 Å². The number of ether oxygens (including phenoxy) is 1. The van der Waals surface area contributed by atoms with Crippen LogP contribution in [0.15, 0.2) is 48.5 Å². The maximum Gasteiger partial charge on any atom is 0.282 e. The fourth-order valence-electron chi connectivity index (χ4n) is 3.47. The van der Waals surface area contributed by atoms with Gasteiger partial charge in [-0.05, 0) is 43.3 Å². The smallest absolute Gasteiger partial charge is 0.282 e. The molecule has 3 rings (SSSR count). The molecule has 0 radical (unpaired) electrons. The first-order valence-electron chi connectivity index (χ1n) is 9.13. The van der Waals surface area contributed by atoms with Crippen LogP contribution in [0.3, 0.4) is 0 Å². The minimum atomic E-state index is -0.185. The summed E-state index contributed by atoms with van der Waals surface area (Å²) in [6.45, 7) is 2.99. The number of nitrogens with zero attached hydrogens (tertiary/aromatic N) is 1. The molecule has 2 amide bonds. The van der Waals surface area contributed by atoms with Crippen LogP contribution in [0.2, 0.25) is 0 Å². The Kier molecular flexibility index (Phi) is 5.76. The highest BCUT2D eigenvalue weighted by molar-refractivity contribution is 6.04. The lowest BCUT2D eigenvalue weighted by Gasteiger charge is -2.28. The Morgan fingerprint density at radius 2 is 1.93 bits per heavy atom. The molecule has 27 heavy (non-hydrogen) atoms. The lowest BCUT2D eigenvalue weighted by Crippen LogP contribution is -3.09. The summed E-state index contributed by atoms with van der Waals surface area (Å²) in [6.07, 6.45) is 0.290. The van der Waals surface area contributed by atoms with Crippen LogP contribution in [0.25, 0.3) is 0 Å². The summed E-state index contributed by atoms with van der Waals surface area (Å²) in [5.41, 5.74) is 2.59. The van der Waals surface area contributed by atoms with Crippen molar-refractivity contribution in [3.05, 3.63) is 54.1 Å². The van der Waals surface area contributed by atoms with Crippen molar-refractivity contribution in [1.82, 2.24) is 0 Å². The first kappa shape index (κ1) is 18.9. The number of benzene rings is 2. The third-order valence-corrected chi connectivity index (χ3v) is 4.75. The first-order valence-corrected chi connectivity index (χ1v) is 9.13. The second kappa shape index (κ2) is 8.22. The van der Waals surface area contributed by atoms with E-state index in [1.165, 1.54) is 0 Å². The Labute approximate surface area is 159 Å². The van der Waals surface area contributed by atoms with Gasteiger partial charge >= 0.3 is 0 Å². The van der Waals surface area contributed by atoms with Crippen molar-refractivity contribution in [2.75, 3.05) is 30.9 Å². The third kappa shape index (κ3) is 4.46. The van der Waals surface area contributed by atoms with Crippen LogP contribution >= 0.6 is 0 Å². The summed E-state index contributed by atoms with van der Waals surface area (Å²) in [4.78, 5) is 28.0. The predicted molar refractivity (Wildman–Crippen MR) is 105 cm³/mol. The monoisotopic (exact) mass is 368 g/mol. The van der Waals surface area contributed by atoms with Crippen LogP contribution in [0, 0.1) is 0 Å². The zero-order valence-electron chi connectivity index (χ0n) is 16.0. The second-order valence-corrected chi connectivity index (χ2v) is 7.04. The molecule has 0 aromatic heterocycles.